The van der Waals surface area contributed by atoms with E-state index in [1.807, 2.05) is 31.1 Å². The molecule has 0 spiro atoms. The van der Waals surface area contributed by atoms with Crippen LogP contribution >= 0.6 is 0 Å². The highest BCUT2D eigenvalue weighted by atomic mass is 16.2. The van der Waals surface area contributed by atoms with E-state index < -0.39 is 23.8 Å². The Labute approximate surface area is 154 Å². The molecule has 1 N–H and O–H groups in total. The Kier molecular flexibility index (Phi) is 6.63. The van der Waals surface area contributed by atoms with Gasteiger partial charge in [-0.25, -0.2) is 9.69 Å². The summed E-state index contributed by atoms with van der Waals surface area (Å²) >= 11 is 0. The second kappa shape index (κ2) is 8.71. The lowest BCUT2D eigenvalue weighted by Gasteiger charge is -2.28. The zero-order valence-electron chi connectivity index (χ0n) is 15.7. The van der Waals surface area contributed by atoms with Gasteiger partial charge in [-0.1, -0.05) is 26.0 Å². The first-order valence-electron chi connectivity index (χ1n) is 8.74. The quantitative estimate of drug-likeness (QED) is 0.459. The Morgan fingerprint density at radius 1 is 1.19 bits per heavy atom. The average molecular weight is 358 g/mol. The average Bonchev–Trinajstić information content (AvgIpc) is 2.57. The van der Waals surface area contributed by atoms with Crippen molar-refractivity contribution in [1.29, 1.82) is 0 Å². The molecule has 1 aromatic carbocycles. The number of carbonyl (C=O) groups excluding carboxylic acids is 3. The van der Waals surface area contributed by atoms with Crippen LogP contribution < -0.4 is 10.2 Å². The number of imide groups is 2. The van der Waals surface area contributed by atoms with Gasteiger partial charge in [0, 0.05) is 12.8 Å². The Morgan fingerprint density at radius 2 is 1.85 bits per heavy atom. The lowest BCUT2D eigenvalue weighted by molar-refractivity contribution is -0.131. The van der Waals surface area contributed by atoms with Gasteiger partial charge in [-0.15, -0.1) is 0 Å². The molecule has 1 aliphatic rings. The standard InChI is InChI=1S/C19H26N4O3/c1-13(2)14-6-8-15(9-7-14)23-18(25)16(17(24)21-19(23)26)12-20-10-5-11-22(3)4/h6-9,12-13,16H,5,10-11H2,1-4H3,(H,21,24,26)/t16-/m1/s1. The van der Waals surface area contributed by atoms with E-state index in [1.165, 1.54) is 6.21 Å². The minimum Gasteiger partial charge on any atom is -0.309 e. The molecule has 0 radical (unpaired) electrons. The maximum absolute atomic E-state index is 12.7. The molecule has 2 rings (SSSR count). The molecular formula is C19H26N4O3. The number of benzene rings is 1. The van der Waals surface area contributed by atoms with Crippen LogP contribution in [0.2, 0.25) is 0 Å². The molecule has 7 heteroatoms. The molecule has 0 unspecified atom stereocenters. The van der Waals surface area contributed by atoms with Gasteiger partial charge in [0.15, 0.2) is 5.92 Å². The van der Waals surface area contributed by atoms with E-state index in [1.54, 1.807) is 12.1 Å². The van der Waals surface area contributed by atoms with Gasteiger partial charge in [-0.05, 0) is 50.7 Å². The van der Waals surface area contributed by atoms with Gasteiger partial charge in [-0.3, -0.25) is 19.9 Å². The fourth-order valence-corrected chi connectivity index (χ4v) is 2.63. The van der Waals surface area contributed by atoms with Crippen molar-refractivity contribution in [3.05, 3.63) is 29.8 Å². The Morgan fingerprint density at radius 3 is 2.42 bits per heavy atom. The molecule has 1 aromatic rings. The predicted octanol–water partition coefficient (Wildman–Crippen LogP) is 2.03. The first kappa shape index (κ1) is 19.8. The van der Waals surface area contributed by atoms with Crippen molar-refractivity contribution in [3.8, 4) is 0 Å². The fraction of sp³-hybridized carbons (Fsp3) is 0.474. The highest BCUT2D eigenvalue weighted by molar-refractivity contribution is 6.32. The van der Waals surface area contributed by atoms with Crippen LogP contribution in [0.15, 0.2) is 29.3 Å². The van der Waals surface area contributed by atoms with Crippen LogP contribution in [0, 0.1) is 5.92 Å². The molecule has 26 heavy (non-hydrogen) atoms. The topological polar surface area (TPSA) is 82.1 Å². The summed E-state index contributed by atoms with van der Waals surface area (Å²) in [5, 5.41) is 2.23. The van der Waals surface area contributed by atoms with E-state index in [-0.39, 0.29) is 0 Å². The molecule has 140 valence electrons. The summed E-state index contributed by atoms with van der Waals surface area (Å²) in [5.41, 5.74) is 1.55. The first-order valence-corrected chi connectivity index (χ1v) is 8.74. The summed E-state index contributed by atoms with van der Waals surface area (Å²) in [6, 6.07) is 6.46. The van der Waals surface area contributed by atoms with E-state index in [0.717, 1.165) is 23.4 Å². The summed E-state index contributed by atoms with van der Waals surface area (Å²) in [4.78, 5) is 44.1. The monoisotopic (exact) mass is 358 g/mol. The number of barbiturate groups is 1. The summed E-state index contributed by atoms with van der Waals surface area (Å²) in [5.74, 6) is -1.95. The van der Waals surface area contributed by atoms with Gasteiger partial charge in [0.05, 0.1) is 5.69 Å². The number of anilines is 1. The van der Waals surface area contributed by atoms with Crippen molar-refractivity contribution in [2.24, 2.45) is 10.9 Å². The normalized spacial score (nSPS) is 18.3. The summed E-state index contributed by atoms with van der Waals surface area (Å²) in [7, 11) is 3.94. The number of hydrogen-bond acceptors (Lipinski definition) is 5. The van der Waals surface area contributed by atoms with E-state index in [0.29, 0.717) is 18.2 Å². The smallest absolute Gasteiger partial charge is 0.309 e. The molecule has 1 saturated heterocycles. The van der Waals surface area contributed by atoms with Crippen molar-refractivity contribution < 1.29 is 14.4 Å². The van der Waals surface area contributed by atoms with Crippen LogP contribution in [-0.4, -0.2) is 56.1 Å². The molecule has 4 amide bonds. The van der Waals surface area contributed by atoms with Crippen molar-refractivity contribution >= 4 is 29.7 Å². The fourth-order valence-electron chi connectivity index (χ4n) is 2.63. The third kappa shape index (κ3) is 4.76. The van der Waals surface area contributed by atoms with Gasteiger partial charge in [0.2, 0.25) is 5.91 Å². The molecule has 1 fully saturated rings. The van der Waals surface area contributed by atoms with E-state index in [2.05, 4.69) is 24.2 Å². The highest BCUT2D eigenvalue weighted by Crippen LogP contribution is 2.23. The number of urea groups is 1. The van der Waals surface area contributed by atoms with Crippen molar-refractivity contribution in [1.82, 2.24) is 10.2 Å². The van der Waals surface area contributed by atoms with Crippen LogP contribution in [0.3, 0.4) is 0 Å². The highest BCUT2D eigenvalue weighted by Gasteiger charge is 2.40. The van der Waals surface area contributed by atoms with Crippen molar-refractivity contribution in [2.75, 3.05) is 32.1 Å². The summed E-state index contributed by atoms with van der Waals surface area (Å²) in [6.07, 6.45) is 2.17. The van der Waals surface area contributed by atoms with Gasteiger partial charge in [0.25, 0.3) is 5.91 Å². The molecule has 1 aliphatic heterocycles. The molecule has 0 bridgehead atoms. The number of aliphatic imine (C=N–C) groups is 1. The lowest BCUT2D eigenvalue weighted by Crippen LogP contribution is -2.58. The van der Waals surface area contributed by atoms with E-state index >= 15 is 0 Å². The Hall–Kier alpha value is -2.54. The number of hydrogen-bond donors (Lipinski definition) is 1. The number of carbonyl (C=O) groups is 3. The molecular weight excluding hydrogens is 332 g/mol. The van der Waals surface area contributed by atoms with Crippen LogP contribution in [0.25, 0.3) is 0 Å². The SMILES string of the molecule is CC(C)c1ccc(N2C(=O)NC(=O)[C@@H](C=NCCCN(C)C)C2=O)cc1. The number of nitrogens with one attached hydrogen (secondary N) is 1. The Balaban J connectivity index is 2.12. The van der Waals surface area contributed by atoms with Crippen molar-refractivity contribution in [3.63, 3.8) is 0 Å². The summed E-state index contributed by atoms with van der Waals surface area (Å²) in [6.45, 7) is 5.52. The van der Waals surface area contributed by atoms with Crippen LogP contribution in [0.1, 0.15) is 31.7 Å². The second-order valence-corrected chi connectivity index (χ2v) is 6.90. The maximum Gasteiger partial charge on any atom is 0.335 e. The first-order chi connectivity index (χ1) is 12.3. The lowest BCUT2D eigenvalue weighted by atomic mass is 10.0. The van der Waals surface area contributed by atoms with Crippen LogP contribution in [0.4, 0.5) is 10.5 Å². The molecule has 1 heterocycles. The molecule has 1 atom stereocenters. The van der Waals surface area contributed by atoms with E-state index in [4.69, 9.17) is 0 Å². The van der Waals surface area contributed by atoms with E-state index in [9.17, 15) is 14.4 Å². The third-order valence-electron chi connectivity index (χ3n) is 4.17. The largest absolute Gasteiger partial charge is 0.335 e. The molecule has 0 saturated carbocycles. The minimum atomic E-state index is -1.09. The third-order valence-corrected chi connectivity index (χ3v) is 4.17. The zero-order valence-corrected chi connectivity index (χ0v) is 15.7. The van der Waals surface area contributed by atoms with Gasteiger partial charge < -0.3 is 4.90 Å². The molecule has 0 aliphatic carbocycles. The molecule has 7 nitrogen and oxygen atoms in total. The van der Waals surface area contributed by atoms with Crippen LogP contribution in [0.5, 0.6) is 0 Å². The van der Waals surface area contributed by atoms with Crippen molar-refractivity contribution in [2.45, 2.75) is 26.2 Å². The predicted molar refractivity (Wildman–Crippen MR) is 102 cm³/mol. The maximum atomic E-state index is 12.7. The van der Waals surface area contributed by atoms with Gasteiger partial charge >= 0.3 is 6.03 Å². The minimum absolute atomic E-state index is 0.346. The number of rotatable bonds is 7. The number of amides is 4. The van der Waals surface area contributed by atoms with Gasteiger partial charge in [-0.2, -0.15) is 0 Å². The van der Waals surface area contributed by atoms with Gasteiger partial charge in [0.1, 0.15) is 0 Å². The summed E-state index contributed by atoms with van der Waals surface area (Å²) < 4.78 is 0. The molecule has 0 aromatic heterocycles. The Bertz CT molecular complexity index is 695. The number of nitrogens with zero attached hydrogens (tertiary/aromatic N) is 3. The zero-order chi connectivity index (χ0) is 19.3. The van der Waals surface area contributed by atoms with Crippen LogP contribution in [-0.2, 0) is 9.59 Å². The second-order valence-electron chi connectivity index (χ2n) is 6.90.